The fraction of sp³-hybridized carbons (Fsp3) is 0.292. The number of nitrogen functional groups attached to an aromatic ring is 1. The van der Waals surface area contributed by atoms with Crippen molar-refractivity contribution in [2.75, 3.05) is 12.3 Å². The lowest BCUT2D eigenvalue weighted by Crippen LogP contribution is -2.50. The Morgan fingerprint density at radius 1 is 1.26 bits per heavy atom. The van der Waals surface area contributed by atoms with Crippen molar-refractivity contribution in [3.63, 3.8) is 0 Å². The number of rotatable bonds is 1. The van der Waals surface area contributed by atoms with Gasteiger partial charge in [0.2, 0.25) is 0 Å². The van der Waals surface area contributed by atoms with Crippen molar-refractivity contribution in [3.05, 3.63) is 70.9 Å². The van der Waals surface area contributed by atoms with Gasteiger partial charge in [0.05, 0.1) is 52.9 Å². The molecule has 6 rings (SSSR count). The topological polar surface area (TPSA) is 85.8 Å². The highest BCUT2D eigenvalue weighted by Gasteiger charge is 2.45. The second-order valence-corrected chi connectivity index (χ2v) is 8.65. The van der Waals surface area contributed by atoms with E-state index in [1.165, 1.54) is 29.6 Å². The van der Waals surface area contributed by atoms with Crippen molar-refractivity contribution in [3.8, 4) is 0 Å². The Bertz CT molecular complexity index is 1620. The first-order valence-electron chi connectivity index (χ1n) is 12.2. The summed E-state index contributed by atoms with van der Waals surface area (Å²) in [5.41, 5.74) is 6.35. The third kappa shape index (κ3) is 3.33. The van der Waals surface area contributed by atoms with Gasteiger partial charge < -0.3 is 15.4 Å². The van der Waals surface area contributed by atoms with E-state index in [2.05, 4.69) is 9.97 Å². The molecule has 0 radical (unpaired) electrons. The van der Waals surface area contributed by atoms with Crippen LogP contribution in [-0.2, 0) is 17.3 Å². The molecule has 1 fully saturated rings. The number of halogens is 4. The zero-order chi connectivity index (χ0) is 27.1. The summed E-state index contributed by atoms with van der Waals surface area (Å²) in [6.07, 6.45) is -4.03. The predicted molar refractivity (Wildman–Crippen MR) is 118 cm³/mol. The highest BCUT2D eigenvalue weighted by molar-refractivity contribution is 5.99. The molecular weight excluding hydrogens is 466 g/mol. The maximum Gasteiger partial charge on any atom is 0.416 e. The number of nitrogens with two attached hydrogens (primary N) is 1. The quantitative estimate of drug-likeness (QED) is 0.407. The van der Waals surface area contributed by atoms with E-state index in [1.54, 1.807) is 4.40 Å². The molecule has 4 aromatic rings. The molecule has 180 valence electrons. The molecule has 2 aromatic carbocycles. The van der Waals surface area contributed by atoms with E-state index in [1.807, 2.05) is 0 Å². The van der Waals surface area contributed by atoms with E-state index in [0.29, 0.717) is 16.6 Å². The first-order valence-corrected chi connectivity index (χ1v) is 10.7. The first-order chi connectivity index (χ1) is 17.8. The fourth-order valence-electron chi connectivity index (χ4n) is 5.04. The molecule has 1 saturated heterocycles. The van der Waals surface area contributed by atoms with Gasteiger partial charge in [-0.15, -0.1) is 0 Å². The predicted octanol–water partition coefficient (Wildman–Crippen LogP) is 4.15. The van der Waals surface area contributed by atoms with Crippen molar-refractivity contribution in [1.82, 2.24) is 19.3 Å². The van der Waals surface area contributed by atoms with Gasteiger partial charge in [0.15, 0.2) is 0 Å². The molecule has 2 N–H and O–H groups in total. The number of benzene rings is 2. The van der Waals surface area contributed by atoms with Crippen molar-refractivity contribution in [2.24, 2.45) is 0 Å². The number of carbonyl (C=O) groups is 1. The number of fused-ring (bicyclic) bond motifs is 6. The molecule has 35 heavy (non-hydrogen) atoms. The molecule has 1 amide bonds. The molecule has 0 saturated carbocycles. The summed E-state index contributed by atoms with van der Waals surface area (Å²) >= 11 is 0. The highest BCUT2D eigenvalue weighted by atomic mass is 19.4. The van der Waals surface area contributed by atoms with Crippen LogP contribution in [-0.4, -0.2) is 43.9 Å². The average molecular weight is 488 g/mol. The lowest BCUT2D eigenvalue weighted by Gasteiger charge is -2.41. The Morgan fingerprint density at radius 3 is 2.86 bits per heavy atom. The van der Waals surface area contributed by atoms with Gasteiger partial charge >= 0.3 is 6.18 Å². The van der Waals surface area contributed by atoms with Crippen LogP contribution in [0.25, 0.3) is 16.6 Å². The lowest BCUT2D eigenvalue weighted by molar-refractivity contribution is -0.137. The molecular formula is C24H19F4N5O2. The van der Waals surface area contributed by atoms with Gasteiger partial charge in [0.25, 0.3) is 5.91 Å². The average Bonchev–Trinajstić information content (AvgIpc) is 3.46. The van der Waals surface area contributed by atoms with Gasteiger partial charge in [0, 0.05) is 23.1 Å². The second-order valence-electron chi connectivity index (χ2n) is 8.65. The SMILES string of the molecule is [2H]C([2H])([2H])[C@@H]1CN(C(=O)c2cc3c(cc2F)nc(N)c2cncn23)[C@H]2c3ccc(C(F)(F)F)cc3C[C@H]2O1. The third-order valence-electron chi connectivity index (χ3n) is 6.56. The summed E-state index contributed by atoms with van der Waals surface area (Å²) in [5.74, 6) is -1.62. The zero-order valence-electron chi connectivity index (χ0n) is 20.9. The summed E-state index contributed by atoms with van der Waals surface area (Å²) < 4.78 is 86.2. The van der Waals surface area contributed by atoms with E-state index >= 15 is 4.39 Å². The van der Waals surface area contributed by atoms with Crippen LogP contribution >= 0.6 is 0 Å². The van der Waals surface area contributed by atoms with Crippen LogP contribution in [0, 0.1) is 5.82 Å². The Labute approximate surface area is 200 Å². The lowest BCUT2D eigenvalue weighted by atomic mass is 10.0. The maximum absolute atomic E-state index is 15.3. The van der Waals surface area contributed by atoms with Crippen LogP contribution in [0.3, 0.4) is 0 Å². The van der Waals surface area contributed by atoms with Crippen LogP contribution in [0.1, 0.15) is 44.1 Å². The van der Waals surface area contributed by atoms with Crippen molar-refractivity contribution < 1.29 is 31.2 Å². The molecule has 0 bridgehead atoms. The number of hydrogen-bond donors (Lipinski definition) is 1. The van der Waals surface area contributed by atoms with E-state index < -0.39 is 55.1 Å². The number of alkyl halides is 3. The summed E-state index contributed by atoms with van der Waals surface area (Å²) in [4.78, 5) is 23.2. The number of hydrogen-bond acceptors (Lipinski definition) is 5. The second kappa shape index (κ2) is 7.38. The van der Waals surface area contributed by atoms with Gasteiger partial charge in [-0.05, 0) is 36.2 Å². The van der Waals surface area contributed by atoms with E-state index in [0.717, 1.165) is 18.2 Å². The van der Waals surface area contributed by atoms with Gasteiger partial charge in [0.1, 0.15) is 17.2 Å². The van der Waals surface area contributed by atoms with Gasteiger partial charge in [-0.1, -0.05) is 6.07 Å². The van der Waals surface area contributed by atoms with Crippen LogP contribution in [0.2, 0.25) is 0 Å². The summed E-state index contributed by atoms with van der Waals surface area (Å²) in [7, 11) is 0. The minimum atomic E-state index is -4.58. The van der Waals surface area contributed by atoms with Gasteiger partial charge in [-0.2, -0.15) is 13.2 Å². The molecule has 2 aliphatic rings. The monoisotopic (exact) mass is 488 g/mol. The zero-order valence-corrected chi connectivity index (χ0v) is 17.9. The van der Waals surface area contributed by atoms with Crippen LogP contribution in [0.4, 0.5) is 23.4 Å². The van der Waals surface area contributed by atoms with E-state index in [-0.39, 0.29) is 28.9 Å². The first kappa shape index (κ1) is 18.6. The largest absolute Gasteiger partial charge is 0.416 e. The number of carbonyl (C=O) groups excluding carboxylic acids is 1. The molecule has 3 atom stereocenters. The van der Waals surface area contributed by atoms with E-state index in [9.17, 15) is 18.0 Å². The molecule has 3 heterocycles. The number of morpholine rings is 1. The fourth-order valence-corrected chi connectivity index (χ4v) is 5.04. The van der Waals surface area contributed by atoms with E-state index in [4.69, 9.17) is 14.6 Å². The van der Waals surface area contributed by atoms with Crippen molar-refractivity contribution in [2.45, 2.75) is 37.7 Å². The minimum absolute atomic E-state index is 0.0284. The molecule has 1 aliphatic heterocycles. The van der Waals surface area contributed by atoms with Crippen molar-refractivity contribution >= 4 is 28.3 Å². The summed E-state index contributed by atoms with van der Waals surface area (Å²) in [6, 6.07) is 4.59. The normalized spacial score (nSPS) is 23.6. The number of amides is 1. The third-order valence-corrected chi connectivity index (χ3v) is 6.56. The molecule has 11 heteroatoms. The molecule has 0 unspecified atom stereocenters. The summed E-state index contributed by atoms with van der Waals surface area (Å²) in [5, 5.41) is 0. The Morgan fingerprint density at radius 2 is 2.09 bits per heavy atom. The number of anilines is 1. The minimum Gasteiger partial charge on any atom is -0.382 e. The van der Waals surface area contributed by atoms with Crippen LogP contribution in [0.15, 0.2) is 42.9 Å². The maximum atomic E-state index is 15.3. The Kier molecular flexibility index (Phi) is 3.92. The standard InChI is InChI=1S/C24H19F4N5O2/c1-11-9-32(21-14-3-2-13(24(26,27)28)4-12(14)5-20(21)35-11)23(34)15-6-18-17(7-16(15)25)31-22(29)19-8-30-10-33(18)19/h2-4,6-8,10-11,20-21H,5,9H2,1H3,(H2,29,31)/t11-,20-,21+/m1/s1/i1D3. The summed E-state index contributed by atoms with van der Waals surface area (Å²) in [6.45, 7) is -3.03. The number of imidazole rings is 1. The Hall–Kier alpha value is -3.73. The smallest absolute Gasteiger partial charge is 0.382 e. The van der Waals surface area contributed by atoms with Crippen molar-refractivity contribution in [1.29, 1.82) is 0 Å². The molecule has 0 spiro atoms. The Balaban J connectivity index is 1.47. The van der Waals surface area contributed by atoms with Gasteiger partial charge in [-0.25, -0.2) is 14.4 Å². The van der Waals surface area contributed by atoms with Gasteiger partial charge in [-0.3, -0.25) is 9.20 Å². The number of nitrogens with zero attached hydrogens (tertiary/aromatic N) is 4. The highest BCUT2D eigenvalue weighted by Crippen LogP contribution is 2.44. The molecule has 1 aliphatic carbocycles. The molecule has 7 nitrogen and oxygen atoms in total. The number of ether oxygens (including phenoxy) is 1. The van der Waals surface area contributed by atoms with Crippen LogP contribution < -0.4 is 5.73 Å². The number of aromatic nitrogens is 3. The molecule has 2 aromatic heterocycles. The van der Waals surface area contributed by atoms with Crippen LogP contribution in [0.5, 0.6) is 0 Å².